The fourth-order valence-corrected chi connectivity index (χ4v) is 1.96. The number of amides is 1. The Kier molecular flexibility index (Phi) is 4.71. The maximum absolute atomic E-state index is 12.4. The maximum Gasteiger partial charge on any atom is 0.254 e. The summed E-state index contributed by atoms with van der Waals surface area (Å²) in [5.74, 6) is 0.836. The Labute approximate surface area is 119 Å². The molecule has 0 fully saturated rings. The number of methoxy groups -OCH3 is 1. The molecule has 0 saturated carbocycles. The van der Waals surface area contributed by atoms with E-state index in [1.807, 2.05) is 31.2 Å². The lowest BCUT2D eigenvalue weighted by atomic mass is 10.1. The first-order chi connectivity index (χ1) is 9.74. The summed E-state index contributed by atoms with van der Waals surface area (Å²) in [6.07, 6.45) is 3.27. The molecule has 1 aromatic carbocycles. The lowest BCUT2D eigenvalue weighted by molar-refractivity contribution is 0.0752. The van der Waals surface area contributed by atoms with E-state index >= 15 is 0 Å². The normalized spacial score (nSPS) is 10.1. The van der Waals surface area contributed by atoms with Crippen LogP contribution in [0.1, 0.15) is 22.8 Å². The zero-order valence-electron chi connectivity index (χ0n) is 11.7. The first-order valence-corrected chi connectivity index (χ1v) is 6.57. The summed E-state index contributed by atoms with van der Waals surface area (Å²) in [6, 6.07) is 11.2. The molecule has 1 heterocycles. The van der Waals surface area contributed by atoms with Gasteiger partial charge in [0.25, 0.3) is 5.91 Å². The van der Waals surface area contributed by atoms with Gasteiger partial charge in [0.15, 0.2) is 0 Å². The molecule has 2 aromatic rings. The topological polar surface area (TPSA) is 42.4 Å². The van der Waals surface area contributed by atoms with Crippen molar-refractivity contribution in [3.8, 4) is 5.75 Å². The lowest BCUT2D eigenvalue weighted by Gasteiger charge is -2.21. The van der Waals surface area contributed by atoms with Crippen LogP contribution >= 0.6 is 0 Å². The Hall–Kier alpha value is -2.36. The molecule has 0 aliphatic carbocycles. The van der Waals surface area contributed by atoms with Gasteiger partial charge in [-0.05, 0) is 36.8 Å². The Bertz CT molecular complexity index is 552. The molecule has 104 valence electrons. The molecule has 0 atom stereocenters. The van der Waals surface area contributed by atoms with Crippen LogP contribution in [0, 0.1) is 0 Å². The smallest absolute Gasteiger partial charge is 0.254 e. The van der Waals surface area contributed by atoms with Gasteiger partial charge in [0.05, 0.1) is 7.11 Å². The van der Waals surface area contributed by atoms with E-state index in [2.05, 4.69) is 4.98 Å². The molecule has 0 spiro atoms. The average Bonchev–Trinajstić information content (AvgIpc) is 2.53. The number of hydrogen-bond donors (Lipinski definition) is 0. The van der Waals surface area contributed by atoms with E-state index in [0.717, 1.165) is 11.3 Å². The third-order valence-electron chi connectivity index (χ3n) is 3.13. The highest BCUT2D eigenvalue weighted by Gasteiger charge is 2.14. The van der Waals surface area contributed by atoms with Crippen LogP contribution in [0.2, 0.25) is 0 Å². The van der Waals surface area contributed by atoms with Gasteiger partial charge in [-0.2, -0.15) is 0 Å². The first kappa shape index (κ1) is 14.1. The largest absolute Gasteiger partial charge is 0.497 e. The third-order valence-corrected chi connectivity index (χ3v) is 3.13. The van der Waals surface area contributed by atoms with Crippen molar-refractivity contribution < 1.29 is 9.53 Å². The van der Waals surface area contributed by atoms with Crippen LogP contribution in [0.25, 0.3) is 0 Å². The van der Waals surface area contributed by atoms with Gasteiger partial charge in [0.2, 0.25) is 0 Å². The molecule has 1 amide bonds. The summed E-state index contributed by atoms with van der Waals surface area (Å²) < 4.78 is 5.13. The number of pyridine rings is 1. The van der Waals surface area contributed by atoms with Crippen molar-refractivity contribution in [2.45, 2.75) is 13.5 Å². The second kappa shape index (κ2) is 6.70. The van der Waals surface area contributed by atoms with Gasteiger partial charge in [-0.1, -0.05) is 12.1 Å². The second-order valence-corrected chi connectivity index (χ2v) is 4.40. The molecule has 0 unspecified atom stereocenters. The Morgan fingerprint density at radius 1 is 1.15 bits per heavy atom. The molecule has 2 rings (SSSR count). The SMILES string of the molecule is CCN(Cc1ccc(OC)cc1)C(=O)c1ccncc1. The average molecular weight is 270 g/mol. The van der Waals surface area contributed by atoms with Gasteiger partial charge in [-0.25, -0.2) is 0 Å². The van der Waals surface area contributed by atoms with Gasteiger partial charge in [-0.3, -0.25) is 9.78 Å². The van der Waals surface area contributed by atoms with Crippen molar-refractivity contribution in [2.24, 2.45) is 0 Å². The Morgan fingerprint density at radius 2 is 1.80 bits per heavy atom. The van der Waals surface area contributed by atoms with Crippen molar-refractivity contribution in [3.05, 3.63) is 59.9 Å². The molecular weight excluding hydrogens is 252 g/mol. The number of aromatic nitrogens is 1. The van der Waals surface area contributed by atoms with Crippen LogP contribution in [0.15, 0.2) is 48.8 Å². The van der Waals surface area contributed by atoms with Crippen LogP contribution in [0.3, 0.4) is 0 Å². The number of ether oxygens (including phenoxy) is 1. The van der Waals surface area contributed by atoms with E-state index in [9.17, 15) is 4.79 Å². The number of carbonyl (C=O) groups is 1. The monoisotopic (exact) mass is 270 g/mol. The van der Waals surface area contributed by atoms with Gasteiger partial charge in [-0.15, -0.1) is 0 Å². The van der Waals surface area contributed by atoms with Crippen LogP contribution in [0.4, 0.5) is 0 Å². The molecule has 20 heavy (non-hydrogen) atoms. The van der Waals surface area contributed by atoms with Gasteiger partial charge < -0.3 is 9.64 Å². The summed E-state index contributed by atoms with van der Waals surface area (Å²) in [6.45, 7) is 3.22. The van der Waals surface area contributed by atoms with Crippen molar-refractivity contribution in [2.75, 3.05) is 13.7 Å². The highest BCUT2D eigenvalue weighted by molar-refractivity contribution is 5.94. The predicted molar refractivity (Wildman–Crippen MR) is 77.6 cm³/mol. The molecule has 0 bridgehead atoms. The Morgan fingerprint density at radius 3 is 2.35 bits per heavy atom. The number of hydrogen-bond acceptors (Lipinski definition) is 3. The third kappa shape index (κ3) is 3.35. The van der Waals surface area contributed by atoms with Crippen LogP contribution in [-0.2, 0) is 6.54 Å². The van der Waals surface area contributed by atoms with Crippen molar-refractivity contribution in [3.63, 3.8) is 0 Å². The fraction of sp³-hybridized carbons (Fsp3) is 0.250. The summed E-state index contributed by atoms with van der Waals surface area (Å²) in [4.78, 5) is 18.1. The van der Waals surface area contributed by atoms with Crippen LogP contribution in [-0.4, -0.2) is 29.4 Å². The highest BCUT2D eigenvalue weighted by Crippen LogP contribution is 2.14. The number of rotatable bonds is 5. The quantitative estimate of drug-likeness (QED) is 0.839. The number of carbonyl (C=O) groups excluding carboxylic acids is 1. The molecule has 4 heteroatoms. The summed E-state index contributed by atoms with van der Waals surface area (Å²) in [5, 5.41) is 0. The highest BCUT2D eigenvalue weighted by atomic mass is 16.5. The van der Waals surface area contributed by atoms with Crippen LogP contribution in [0.5, 0.6) is 5.75 Å². The molecule has 0 aliphatic heterocycles. The molecule has 0 N–H and O–H groups in total. The minimum atomic E-state index is 0.0192. The lowest BCUT2D eigenvalue weighted by Crippen LogP contribution is -2.30. The summed E-state index contributed by atoms with van der Waals surface area (Å²) in [7, 11) is 1.64. The molecular formula is C16H18N2O2. The van der Waals surface area contributed by atoms with Crippen molar-refractivity contribution >= 4 is 5.91 Å². The van der Waals surface area contributed by atoms with E-state index in [0.29, 0.717) is 18.7 Å². The Balaban J connectivity index is 2.10. The number of nitrogens with zero attached hydrogens (tertiary/aromatic N) is 2. The minimum absolute atomic E-state index is 0.0192. The molecule has 0 aliphatic rings. The maximum atomic E-state index is 12.4. The predicted octanol–water partition coefficient (Wildman–Crippen LogP) is 2.75. The van der Waals surface area contributed by atoms with E-state index < -0.39 is 0 Å². The number of benzene rings is 1. The fourth-order valence-electron chi connectivity index (χ4n) is 1.96. The van der Waals surface area contributed by atoms with E-state index in [-0.39, 0.29) is 5.91 Å². The molecule has 0 radical (unpaired) electrons. The van der Waals surface area contributed by atoms with Gasteiger partial charge in [0, 0.05) is 31.0 Å². The van der Waals surface area contributed by atoms with Gasteiger partial charge >= 0.3 is 0 Å². The van der Waals surface area contributed by atoms with E-state index in [4.69, 9.17) is 4.74 Å². The van der Waals surface area contributed by atoms with Gasteiger partial charge in [0.1, 0.15) is 5.75 Å². The zero-order chi connectivity index (χ0) is 14.4. The minimum Gasteiger partial charge on any atom is -0.497 e. The first-order valence-electron chi connectivity index (χ1n) is 6.57. The molecule has 1 aromatic heterocycles. The van der Waals surface area contributed by atoms with E-state index in [1.54, 1.807) is 36.5 Å². The summed E-state index contributed by atoms with van der Waals surface area (Å²) >= 11 is 0. The second-order valence-electron chi connectivity index (χ2n) is 4.40. The molecule has 4 nitrogen and oxygen atoms in total. The molecule has 0 saturated heterocycles. The van der Waals surface area contributed by atoms with Crippen LogP contribution < -0.4 is 4.74 Å². The van der Waals surface area contributed by atoms with Crippen molar-refractivity contribution in [1.82, 2.24) is 9.88 Å². The van der Waals surface area contributed by atoms with E-state index in [1.165, 1.54) is 0 Å². The van der Waals surface area contributed by atoms with Crippen molar-refractivity contribution in [1.29, 1.82) is 0 Å². The zero-order valence-corrected chi connectivity index (χ0v) is 11.7. The standard InChI is InChI=1S/C16H18N2O2/c1-3-18(16(19)14-8-10-17-11-9-14)12-13-4-6-15(20-2)7-5-13/h4-11H,3,12H2,1-2H3. The summed E-state index contributed by atoms with van der Waals surface area (Å²) in [5.41, 5.74) is 1.74.